The topological polar surface area (TPSA) is 77.8 Å². The molecule has 1 aromatic carbocycles. The lowest BCUT2D eigenvalue weighted by Crippen LogP contribution is -2.37. The summed E-state index contributed by atoms with van der Waals surface area (Å²) in [6.07, 6.45) is -4.06. The summed E-state index contributed by atoms with van der Waals surface area (Å²) in [5.41, 5.74) is -0.400. The van der Waals surface area contributed by atoms with Gasteiger partial charge in [0.15, 0.2) is 5.13 Å². The van der Waals surface area contributed by atoms with Gasteiger partial charge in [0.1, 0.15) is 0 Å². The van der Waals surface area contributed by atoms with Crippen molar-refractivity contribution in [3.63, 3.8) is 0 Å². The molecule has 5 nitrogen and oxygen atoms in total. The summed E-state index contributed by atoms with van der Waals surface area (Å²) < 4.78 is 38.5. The number of aromatic nitrogens is 1. The third kappa shape index (κ3) is 5.22. The molecule has 0 radical (unpaired) electrons. The summed E-state index contributed by atoms with van der Waals surface area (Å²) >= 11 is 6.85. The number of amides is 2. The molecule has 0 aliphatic heterocycles. The first-order valence-corrected chi connectivity index (χ1v) is 8.94. The van der Waals surface area contributed by atoms with Crippen LogP contribution in [0, 0.1) is 17.2 Å². The Labute approximate surface area is 157 Å². The Morgan fingerprint density at radius 2 is 2.12 bits per heavy atom. The molecular formula is C16H16ClF3N4OS. The van der Waals surface area contributed by atoms with E-state index >= 15 is 0 Å². The quantitative estimate of drug-likeness (QED) is 0.689. The summed E-state index contributed by atoms with van der Waals surface area (Å²) in [6.45, 7) is 3.44. The van der Waals surface area contributed by atoms with E-state index < -0.39 is 23.7 Å². The monoisotopic (exact) mass is 404 g/mol. The van der Waals surface area contributed by atoms with Crippen LogP contribution in [0.15, 0.2) is 18.2 Å². The number of hydrogen-bond donors (Lipinski definition) is 2. The van der Waals surface area contributed by atoms with Gasteiger partial charge in [0.05, 0.1) is 27.8 Å². The number of fused-ring (bicyclic) bond motifs is 1. The lowest BCUT2D eigenvalue weighted by Gasteiger charge is -2.18. The Morgan fingerprint density at radius 1 is 1.42 bits per heavy atom. The molecule has 1 aromatic heterocycles. The van der Waals surface area contributed by atoms with Crippen molar-refractivity contribution < 1.29 is 18.0 Å². The minimum atomic E-state index is -4.44. The van der Waals surface area contributed by atoms with Gasteiger partial charge in [-0.1, -0.05) is 11.3 Å². The summed E-state index contributed by atoms with van der Waals surface area (Å²) in [5, 5.41) is 14.0. The van der Waals surface area contributed by atoms with Gasteiger partial charge < -0.3 is 5.32 Å². The Bertz CT molecular complexity index is 831. The molecule has 1 heterocycles. The number of nitrogens with zero attached hydrogens (tertiary/aromatic N) is 2. The van der Waals surface area contributed by atoms with E-state index in [1.165, 1.54) is 6.07 Å². The second-order valence-corrected chi connectivity index (χ2v) is 7.57. The van der Waals surface area contributed by atoms with Gasteiger partial charge in [-0.3, -0.25) is 5.32 Å². The van der Waals surface area contributed by atoms with Crippen molar-refractivity contribution in [2.75, 3.05) is 5.32 Å². The van der Waals surface area contributed by atoms with Crippen molar-refractivity contribution >= 4 is 44.3 Å². The normalized spacial score (nSPS) is 15.1. The molecule has 0 fully saturated rings. The number of halogens is 4. The maximum atomic E-state index is 12.7. The van der Waals surface area contributed by atoms with Crippen molar-refractivity contribution in [3.8, 4) is 6.07 Å². The third-order valence-corrected chi connectivity index (χ3v) is 4.88. The Hall–Kier alpha value is -2.05. The number of alkyl halides is 4. The predicted octanol–water partition coefficient (Wildman–Crippen LogP) is 4.98. The van der Waals surface area contributed by atoms with Crippen LogP contribution in [0.1, 0.15) is 25.8 Å². The molecule has 2 rings (SSSR count). The molecule has 2 amide bonds. The number of urea groups is 1. The van der Waals surface area contributed by atoms with Gasteiger partial charge in [-0.25, -0.2) is 9.78 Å². The molecule has 0 bridgehead atoms. The van der Waals surface area contributed by atoms with Crippen LogP contribution in [0.3, 0.4) is 0 Å². The molecule has 10 heteroatoms. The Kier molecular flexibility index (Phi) is 6.31. The molecule has 26 heavy (non-hydrogen) atoms. The highest BCUT2D eigenvalue weighted by atomic mass is 35.5. The summed E-state index contributed by atoms with van der Waals surface area (Å²) in [6, 6.07) is 4.43. The zero-order chi connectivity index (χ0) is 19.5. The number of carbonyl (C=O) groups excluding carboxylic acids is 1. The van der Waals surface area contributed by atoms with E-state index in [0.29, 0.717) is 16.6 Å². The average Bonchev–Trinajstić information content (AvgIpc) is 2.92. The summed E-state index contributed by atoms with van der Waals surface area (Å²) in [5.74, 6) is -0.407. The smallest absolute Gasteiger partial charge is 0.335 e. The standard InChI is InChI=1S/C16H16ClF3N4OS/c1-8(5-10(7-21)9(2)17)22-14(25)24-15-23-12-4-3-11(16(18,19)20)6-13(12)26-15/h3-4,6,8-10H,5H2,1-2H3,(H2,22,23,24,25). The van der Waals surface area contributed by atoms with E-state index in [4.69, 9.17) is 16.9 Å². The van der Waals surface area contributed by atoms with E-state index in [1.54, 1.807) is 13.8 Å². The van der Waals surface area contributed by atoms with Crippen LogP contribution in [-0.4, -0.2) is 22.4 Å². The van der Waals surface area contributed by atoms with Crippen molar-refractivity contribution in [2.45, 2.75) is 37.9 Å². The van der Waals surface area contributed by atoms with Crippen LogP contribution < -0.4 is 10.6 Å². The number of thiazole rings is 1. The minimum Gasteiger partial charge on any atom is -0.335 e. The fraction of sp³-hybridized carbons (Fsp3) is 0.438. The summed E-state index contributed by atoms with van der Waals surface area (Å²) in [7, 11) is 0. The number of hydrogen-bond acceptors (Lipinski definition) is 4. The second-order valence-electron chi connectivity index (χ2n) is 5.85. The minimum absolute atomic E-state index is 0.187. The van der Waals surface area contributed by atoms with E-state index in [-0.39, 0.29) is 16.6 Å². The Balaban J connectivity index is 2.02. The first-order chi connectivity index (χ1) is 12.1. The first-order valence-electron chi connectivity index (χ1n) is 7.69. The molecule has 0 saturated heterocycles. The van der Waals surface area contributed by atoms with Crippen molar-refractivity contribution in [2.24, 2.45) is 5.92 Å². The number of carbonyl (C=O) groups is 1. The van der Waals surface area contributed by atoms with Crippen LogP contribution >= 0.6 is 22.9 Å². The van der Waals surface area contributed by atoms with E-state index in [0.717, 1.165) is 23.5 Å². The largest absolute Gasteiger partial charge is 0.416 e. The molecule has 2 N–H and O–H groups in total. The van der Waals surface area contributed by atoms with Crippen molar-refractivity contribution in [1.82, 2.24) is 10.3 Å². The molecule has 0 saturated carbocycles. The maximum Gasteiger partial charge on any atom is 0.416 e. The van der Waals surface area contributed by atoms with Gasteiger partial charge in [0.2, 0.25) is 0 Å². The lowest BCUT2D eigenvalue weighted by molar-refractivity contribution is -0.137. The SMILES string of the molecule is CC(CC(C#N)C(C)Cl)NC(=O)Nc1nc2ccc(C(F)(F)F)cc2s1. The number of benzene rings is 1. The number of nitriles is 1. The Morgan fingerprint density at radius 3 is 2.69 bits per heavy atom. The molecule has 0 aliphatic carbocycles. The third-order valence-electron chi connectivity index (χ3n) is 3.64. The molecular weight excluding hydrogens is 389 g/mol. The van der Waals surface area contributed by atoms with E-state index in [2.05, 4.69) is 21.7 Å². The average molecular weight is 405 g/mol. The zero-order valence-corrected chi connectivity index (χ0v) is 15.5. The first kappa shape index (κ1) is 20.3. The number of nitrogens with one attached hydrogen (secondary N) is 2. The second kappa shape index (κ2) is 8.10. The molecule has 0 aliphatic rings. The van der Waals surface area contributed by atoms with E-state index in [9.17, 15) is 18.0 Å². The van der Waals surface area contributed by atoms with Gasteiger partial charge in [-0.2, -0.15) is 18.4 Å². The van der Waals surface area contributed by atoms with Crippen LogP contribution in [0.25, 0.3) is 10.2 Å². The zero-order valence-electron chi connectivity index (χ0n) is 13.9. The number of rotatable bonds is 5. The highest BCUT2D eigenvalue weighted by Crippen LogP contribution is 2.34. The fourth-order valence-corrected chi connectivity index (χ4v) is 3.35. The molecule has 2 aromatic rings. The van der Waals surface area contributed by atoms with Crippen LogP contribution in [0.2, 0.25) is 0 Å². The molecule has 3 atom stereocenters. The highest BCUT2D eigenvalue weighted by molar-refractivity contribution is 7.22. The van der Waals surface area contributed by atoms with Crippen LogP contribution in [0.5, 0.6) is 0 Å². The highest BCUT2D eigenvalue weighted by Gasteiger charge is 2.30. The molecule has 140 valence electrons. The van der Waals surface area contributed by atoms with Gasteiger partial charge in [-0.15, -0.1) is 11.6 Å². The molecule has 0 spiro atoms. The fourth-order valence-electron chi connectivity index (χ4n) is 2.29. The predicted molar refractivity (Wildman–Crippen MR) is 95.3 cm³/mol. The summed E-state index contributed by atoms with van der Waals surface area (Å²) in [4.78, 5) is 16.1. The van der Waals surface area contributed by atoms with Gasteiger partial charge in [0.25, 0.3) is 0 Å². The van der Waals surface area contributed by atoms with Gasteiger partial charge >= 0.3 is 12.2 Å². The lowest BCUT2D eigenvalue weighted by atomic mass is 9.99. The van der Waals surface area contributed by atoms with Crippen molar-refractivity contribution in [1.29, 1.82) is 5.26 Å². The van der Waals surface area contributed by atoms with Gasteiger partial charge in [-0.05, 0) is 38.5 Å². The van der Waals surface area contributed by atoms with Crippen molar-refractivity contribution in [3.05, 3.63) is 23.8 Å². The molecule has 3 unspecified atom stereocenters. The maximum absolute atomic E-state index is 12.7. The van der Waals surface area contributed by atoms with Gasteiger partial charge in [0, 0.05) is 11.4 Å². The van der Waals surface area contributed by atoms with E-state index in [1.807, 2.05) is 0 Å². The van der Waals surface area contributed by atoms with Crippen LogP contribution in [0.4, 0.5) is 23.1 Å². The van der Waals surface area contributed by atoms with Crippen LogP contribution in [-0.2, 0) is 6.18 Å². The number of anilines is 1.